The first-order chi connectivity index (χ1) is 11.9. The molecule has 132 valence electrons. The van der Waals surface area contributed by atoms with Crippen molar-refractivity contribution >= 4 is 11.9 Å². The first kappa shape index (κ1) is 18.5. The minimum absolute atomic E-state index is 0.0731. The summed E-state index contributed by atoms with van der Waals surface area (Å²) in [5.41, 5.74) is 2.03. The Labute approximate surface area is 147 Å². The average Bonchev–Trinajstić information content (AvgIpc) is 2.54. The highest BCUT2D eigenvalue weighted by Crippen LogP contribution is 2.15. The van der Waals surface area contributed by atoms with Crippen LogP contribution in [0.5, 0.6) is 5.75 Å². The molecule has 0 atom stereocenters. The zero-order chi connectivity index (χ0) is 18.2. The highest BCUT2D eigenvalue weighted by atomic mass is 16.5. The lowest BCUT2D eigenvalue weighted by Crippen LogP contribution is -2.27. The molecule has 0 radical (unpaired) electrons. The molecule has 0 aromatic heterocycles. The Kier molecular flexibility index (Phi) is 6.57. The van der Waals surface area contributed by atoms with Crippen molar-refractivity contribution in [1.29, 1.82) is 0 Å². The molecule has 0 saturated carbocycles. The molecular formula is C20H23NO4. The second kappa shape index (κ2) is 8.87. The lowest BCUT2D eigenvalue weighted by atomic mass is 10.1. The summed E-state index contributed by atoms with van der Waals surface area (Å²) in [6.07, 6.45) is 0.957. The van der Waals surface area contributed by atoms with Gasteiger partial charge >= 0.3 is 5.97 Å². The molecule has 5 nitrogen and oxygen atoms in total. The van der Waals surface area contributed by atoms with E-state index in [1.54, 1.807) is 18.2 Å². The van der Waals surface area contributed by atoms with E-state index in [0.717, 1.165) is 16.9 Å². The van der Waals surface area contributed by atoms with E-state index in [-0.39, 0.29) is 24.0 Å². The van der Waals surface area contributed by atoms with Gasteiger partial charge in [0.2, 0.25) is 5.91 Å². The van der Waals surface area contributed by atoms with Crippen LogP contribution < -0.4 is 10.1 Å². The Hall–Kier alpha value is -2.82. The van der Waals surface area contributed by atoms with Gasteiger partial charge in [0.05, 0.1) is 18.1 Å². The summed E-state index contributed by atoms with van der Waals surface area (Å²) in [5.74, 6) is -0.267. The summed E-state index contributed by atoms with van der Waals surface area (Å²) in [6, 6.07) is 14.2. The number of nitrogens with one attached hydrogen (secondary N) is 1. The van der Waals surface area contributed by atoms with Crippen LogP contribution in [0, 0.1) is 0 Å². The molecule has 0 aliphatic heterocycles. The van der Waals surface area contributed by atoms with Crippen molar-refractivity contribution in [2.24, 2.45) is 0 Å². The molecule has 0 heterocycles. The summed E-state index contributed by atoms with van der Waals surface area (Å²) in [4.78, 5) is 23.0. The summed E-state index contributed by atoms with van der Waals surface area (Å²) < 4.78 is 5.63. The lowest BCUT2D eigenvalue weighted by Gasteiger charge is -2.11. The van der Waals surface area contributed by atoms with E-state index in [4.69, 9.17) is 9.84 Å². The summed E-state index contributed by atoms with van der Waals surface area (Å²) >= 11 is 0. The topological polar surface area (TPSA) is 75.6 Å². The first-order valence-electron chi connectivity index (χ1n) is 8.28. The summed E-state index contributed by atoms with van der Waals surface area (Å²) in [5, 5.41) is 11.8. The molecule has 0 spiro atoms. The number of carboxylic acid groups (broad SMARTS) is 1. The van der Waals surface area contributed by atoms with Crippen LogP contribution in [-0.4, -0.2) is 29.6 Å². The number of benzene rings is 2. The standard InChI is InChI=1S/C20H23NO4/c1-14(2)25-18-8-4-6-16(12-18)13-19(22)21-10-9-15-5-3-7-17(11-15)20(23)24/h3-8,11-12,14H,9-10,13H2,1-2H3,(H,21,22)(H,23,24). The van der Waals surface area contributed by atoms with Crippen LogP contribution >= 0.6 is 0 Å². The molecule has 0 fully saturated rings. The molecule has 0 aliphatic rings. The monoisotopic (exact) mass is 341 g/mol. The van der Waals surface area contributed by atoms with Gasteiger partial charge < -0.3 is 15.2 Å². The molecule has 2 N–H and O–H groups in total. The molecule has 0 unspecified atom stereocenters. The van der Waals surface area contributed by atoms with Crippen molar-refractivity contribution in [1.82, 2.24) is 5.32 Å². The molecule has 2 aromatic carbocycles. The third kappa shape index (κ3) is 6.30. The van der Waals surface area contributed by atoms with E-state index < -0.39 is 5.97 Å². The smallest absolute Gasteiger partial charge is 0.335 e. The number of rotatable bonds is 8. The van der Waals surface area contributed by atoms with Crippen LogP contribution in [-0.2, 0) is 17.6 Å². The van der Waals surface area contributed by atoms with Crippen molar-refractivity contribution in [3.05, 3.63) is 65.2 Å². The second-order valence-electron chi connectivity index (χ2n) is 6.10. The fourth-order valence-electron chi connectivity index (χ4n) is 2.45. The molecule has 0 saturated heterocycles. The van der Waals surface area contributed by atoms with Crippen molar-refractivity contribution in [3.63, 3.8) is 0 Å². The number of ether oxygens (including phenoxy) is 1. The number of amides is 1. The number of carboxylic acids is 1. The van der Waals surface area contributed by atoms with Gasteiger partial charge in [0.25, 0.3) is 0 Å². The van der Waals surface area contributed by atoms with Crippen molar-refractivity contribution in [2.75, 3.05) is 6.54 Å². The van der Waals surface area contributed by atoms with Crippen LogP contribution in [0.25, 0.3) is 0 Å². The van der Waals surface area contributed by atoms with E-state index in [1.807, 2.05) is 44.2 Å². The SMILES string of the molecule is CC(C)Oc1cccc(CC(=O)NCCc2cccc(C(=O)O)c2)c1. The molecule has 2 rings (SSSR count). The third-order valence-corrected chi connectivity index (χ3v) is 3.54. The maximum Gasteiger partial charge on any atom is 0.335 e. The Morgan fingerprint density at radius 2 is 1.80 bits per heavy atom. The van der Waals surface area contributed by atoms with Gasteiger partial charge in [-0.3, -0.25) is 4.79 Å². The van der Waals surface area contributed by atoms with Gasteiger partial charge in [-0.1, -0.05) is 24.3 Å². The van der Waals surface area contributed by atoms with E-state index in [0.29, 0.717) is 13.0 Å². The predicted molar refractivity (Wildman–Crippen MR) is 96.0 cm³/mol. The molecule has 1 amide bonds. The molecule has 25 heavy (non-hydrogen) atoms. The number of hydrogen-bond donors (Lipinski definition) is 2. The molecular weight excluding hydrogens is 318 g/mol. The van der Waals surface area contributed by atoms with Crippen molar-refractivity contribution < 1.29 is 19.4 Å². The number of aromatic carboxylic acids is 1. The third-order valence-electron chi connectivity index (χ3n) is 3.54. The fraction of sp³-hybridized carbons (Fsp3) is 0.300. The van der Waals surface area contributed by atoms with Crippen LogP contribution in [0.4, 0.5) is 0 Å². The van der Waals surface area contributed by atoms with Gasteiger partial charge in [-0.15, -0.1) is 0 Å². The second-order valence-corrected chi connectivity index (χ2v) is 6.10. The number of hydrogen-bond acceptors (Lipinski definition) is 3. The zero-order valence-corrected chi connectivity index (χ0v) is 14.5. The minimum Gasteiger partial charge on any atom is -0.491 e. The van der Waals surface area contributed by atoms with Crippen LogP contribution in [0.3, 0.4) is 0 Å². The van der Waals surface area contributed by atoms with Gasteiger partial charge in [0.1, 0.15) is 5.75 Å². The van der Waals surface area contributed by atoms with Crippen molar-refractivity contribution in [2.45, 2.75) is 32.8 Å². The van der Waals surface area contributed by atoms with Gasteiger partial charge in [-0.05, 0) is 55.7 Å². The predicted octanol–water partition coefficient (Wildman–Crippen LogP) is 3.07. The Balaban J connectivity index is 1.83. The largest absolute Gasteiger partial charge is 0.491 e. The van der Waals surface area contributed by atoms with Crippen LogP contribution in [0.2, 0.25) is 0 Å². The maximum atomic E-state index is 12.1. The fourth-order valence-corrected chi connectivity index (χ4v) is 2.45. The quantitative estimate of drug-likeness (QED) is 0.774. The van der Waals surface area contributed by atoms with Crippen LogP contribution in [0.1, 0.15) is 35.3 Å². The molecule has 5 heteroatoms. The first-order valence-corrected chi connectivity index (χ1v) is 8.28. The zero-order valence-electron chi connectivity index (χ0n) is 14.5. The Bertz CT molecular complexity index is 740. The Morgan fingerprint density at radius 1 is 1.08 bits per heavy atom. The molecule has 2 aromatic rings. The summed E-state index contributed by atoms with van der Waals surface area (Å²) in [7, 11) is 0. The average molecular weight is 341 g/mol. The van der Waals surface area contributed by atoms with E-state index in [2.05, 4.69) is 5.32 Å². The van der Waals surface area contributed by atoms with Gasteiger partial charge in [-0.2, -0.15) is 0 Å². The highest BCUT2D eigenvalue weighted by Gasteiger charge is 2.06. The number of carbonyl (C=O) groups is 2. The van der Waals surface area contributed by atoms with Crippen molar-refractivity contribution in [3.8, 4) is 5.75 Å². The van der Waals surface area contributed by atoms with Gasteiger partial charge in [0, 0.05) is 6.54 Å². The normalized spacial score (nSPS) is 10.5. The van der Waals surface area contributed by atoms with Gasteiger partial charge in [-0.25, -0.2) is 4.79 Å². The minimum atomic E-state index is -0.950. The van der Waals surface area contributed by atoms with E-state index >= 15 is 0 Å². The van der Waals surface area contributed by atoms with E-state index in [1.165, 1.54) is 0 Å². The molecule has 0 bridgehead atoms. The summed E-state index contributed by atoms with van der Waals surface area (Å²) in [6.45, 7) is 4.38. The highest BCUT2D eigenvalue weighted by molar-refractivity contribution is 5.87. The lowest BCUT2D eigenvalue weighted by molar-refractivity contribution is -0.120. The van der Waals surface area contributed by atoms with Gasteiger partial charge in [0.15, 0.2) is 0 Å². The number of carbonyl (C=O) groups excluding carboxylic acids is 1. The van der Waals surface area contributed by atoms with E-state index in [9.17, 15) is 9.59 Å². The maximum absolute atomic E-state index is 12.1. The Morgan fingerprint density at radius 3 is 2.52 bits per heavy atom. The molecule has 0 aliphatic carbocycles. The van der Waals surface area contributed by atoms with Crippen LogP contribution in [0.15, 0.2) is 48.5 Å².